The van der Waals surface area contributed by atoms with E-state index in [1.165, 1.54) is 12.1 Å². The Morgan fingerprint density at radius 1 is 1.27 bits per heavy atom. The summed E-state index contributed by atoms with van der Waals surface area (Å²) in [4.78, 5) is 14.9. The lowest BCUT2D eigenvalue weighted by Gasteiger charge is -2.23. The second kappa shape index (κ2) is 7.58. The summed E-state index contributed by atoms with van der Waals surface area (Å²) >= 11 is 9.50. The van der Waals surface area contributed by atoms with Crippen molar-refractivity contribution in [2.75, 3.05) is 11.0 Å². The number of amides is 1. The zero-order valence-electron chi connectivity index (χ0n) is 14.1. The number of benzene rings is 2. The lowest BCUT2D eigenvalue weighted by atomic mass is 10.1. The van der Waals surface area contributed by atoms with Crippen LogP contribution in [0.15, 0.2) is 46.9 Å². The van der Waals surface area contributed by atoms with E-state index in [0.717, 1.165) is 29.1 Å². The van der Waals surface area contributed by atoms with Crippen molar-refractivity contribution in [2.45, 2.75) is 25.4 Å². The highest BCUT2D eigenvalue weighted by molar-refractivity contribution is 9.10. The number of hydrogen-bond donors (Lipinski definition) is 1. The standard InChI is InChI=1S/C18H18BrClN2O3S/c1-26(24,25)21-17-10-13(5-8-16(17)20)18(23)22(15-6-7-15)11-12-3-2-4-14(19)9-12/h2-5,8-10,15,21H,6-7,11H2,1H3. The van der Waals surface area contributed by atoms with Gasteiger partial charge in [-0.25, -0.2) is 8.42 Å². The largest absolute Gasteiger partial charge is 0.331 e. The van der Waals surface area contributed by atoms with Crippen LogP contribution in [0.2, 0.25) is 5.02 Å². The third-order valence-corrected chi connectivity index (χ3v) is 5.41. The number of carbonyl (C=O) groups excluding carboxylic acids is 1. The highest BCUT2D eigenvalue weighted by atomic mass is 79.9. The average Bonchev–Trinajstić information content (AvgIpc) is 3.38. The molecule has 0 spiro atoms. The van der Waals surface area contributed by atoms with Gasteiger partial charge in [0.2, 0.25) is 10.0 Å². The summed E-state index contributed by atoms with van der Waals surface area (Å²) in [6.45, 7) is 0.500. The average molecular weight is 458 g/mol. The van der Waals surface area contributed by atoms with Crippen molar-refractivity contribution in [3.63, 3.8) is 0 Å². The summed E-state index contributed by atoms with van der Waals surface area (Å²) in [6.07, 6.45) is 2.99. The molecular weight excluding hydrogens is 440 g/mol. The van der Waals surface area contributed by atoms with Gasteiger partial charge < -0.3 is 4.90 Å². The molecular formula is C18H18BrClN2O3S. The van der Waals surface area contributed by atoms with Crippen molar-refractivity contribution in [3.8, 4) is 0 Å². The Labute approximate surface area is 166 Å². The topological polar surface area (TPSA) is 66.5 Å². The molecule has 5 nitrogen and oxygen atoms in total. The molecule has 0 unspecified atom stereocenters. The monoisotopic (exact) mass is 456 g/mol. The van der Waals surface area contributed by atoms with Crippen molar-refractivity contribution in [1.29, 1.82) is 0 Å². The normalized spacial score (nSPS) is 14.1. The zero-order chi connectivity index (χ0) is 18.9. The second-order valence-electron chi connectivity index (χ2n) is 6.36. The van der Waals surface area contributed by atoms with Gasteiger partial charge in [0.05, 0.1) is 17.0 Å². The SMILES string of the molecule is CS(=O)(=O)Nc1cc(C(=O)N(Cc2cccc(Br)c2)C2CC2)ccc1Cl. The predicted octanol–water partition coefficient (Wildman–Crippen LogP) is 4.28. The molecule has 2 aromatic rings. The summed E-state index contributed by atoms with van der Waals surface area (Å²) in [6, 6.07) is 12.7. The van der Waals surface area contributed by atoms with Gasteiger partial charge in [-0.05, 0) is 48.7 Å². The Kier molecular flexibility index (Phi) is 5.60. The molecule has 1 fully saturated rings. The van der Waals surface area contributed by atoms with E-state index in [9.17, 15) is 13.2 Å². The van der Waals surface area contributed by atoms with Gasteiger partial charge in [0.25, 0.3) is 5.91 Å². The summed E-state index contributed by atoms with van der Waals surface area (Å²) in [5.41, 5.74) is 1.64. The van der Waals surface area contributed by atoms with Crippen molar-refractivity contribution >= 4 is 49.1 Å². The number of sulfonamides is 1. The number of hydrogen-bond acceptors (Lipinski definition) is 3. The van der Waals surface area contributed by atoms with Crippen LogP contribution in [0.4, 0.5) is 5.69 Å². The zero-order valence-corrected chi connectivity index (χ0v) is 17.2. The molecule has 1 amide bonds. The van der Waals surface area contributed by atoms with E-state index in [4.69, 9.17) is 11.6 Å². The maximum Gasteiger partial charge on any atom is 0.254 e. The van der Waals surface area contributed by atoms with Crippen LogP contribution >= 0.6 is 27.5 Å². The molecule has 0 bridgehead atoms. The molecule has 26 heavy (non-hydrogen) atoms. The number of nitrogens with one attached hydrogen (secondary N) is 1. The van der Waals surface area contributed by atoms with Crippen LogP contribution in [0.1, 0.15) is 28.8 Å². The number of nitrogens with zero attached hydrogens (tertiary/aromatic N) is 1. The Morgan fingerprint density at radius 2 is 2.00 bits per heavy atom. The molecule has 0 radical (unpaired) electrons. The first kappa shape index (κ1) is 19.2. The minimum absolute atomic E-state index is 0.138. The first-order valence-electron chi connectivity index (χ1n) is 8.06. The van der Waals surface area contributed by atoms with Crippen molar-refractivity contribution in [2.24, 2.45) is 0 Å². The van der Waals surface area contributed by atoms with Gasteiger partial charge in [-0.3, -0.25) is 9.52 Å². The minimum Gasteiger partial charge on any atom is -0.331 e. The van der Waals surface area contributed by atoms with Gasteiger partial charge in [-0.2, -0.15) is 0 Å². The van der Waals surface area contributed by atoms with Gasteiger partial charge in [0.1, 0.15) is 0 Å². The molecule has 2 aromatic carbocycles. The smallest absolute Gasteiger partial charge is 0.254 e. The first-order chi connectivity index (χ1) is 12.2. The lowest BCUT2D eigenvalue weighted by molar-refractivity contribution is 0.0730. The number of rotatable bonds is 6. The van der Waals surface area contributed by atoms with Crippen LogP contribution in [0, 0.1) is 0 Å². The fourth-order valence-corrected chi connectivity index (χ4v) is 3.92. The summed E-state index contributed by atoms with van der Waals surface area (Å²) in [5, 5.41) is 0.247. The fourth-order valence-electron chi connectivity index (χ4n) is 2.69. The fraction of sp³-hybridized carbons (Fsp3) is 0.278. The van der Waals surface area contributed by atoms with E-state index < -0.39 is 10.0 Å². The highest BCUT2D eigenvalue weighted by Crippen LogP contribution is 2.32. The maximum absolute atomic E-state index is 13.0. The van der Waals surface area contributed by atoms with E-state index in [2.05, 4.69) is 20.7 Å². The van der Waals surface area contributed by atoms with E-state index in [1.807, 2.05) is 29.2 Å². The summed E-state index contributed by atoms with van der Waals surface area (Å²) in [7, 11) is -3.48. The highest BCUT2D eigenvalue weighted by Gasteiger charge is 2.33. The van der Waals surface area contributed by atoms with Gasteiger partial charge in [0.15, 0.2) is 0 Å². The maximum atomic E-state index is 13.0. The minimum atomic E-state index is -3.48. The van der Waals surface area contributed by atoms with Gasteiger partial charge in [0, 0.05) is 22.6 Å². The van der Waals surface area contributed by atoms with Crippen LogP contribution in [0.5, 0.6) is 0 Å². The molecule has 1 N–H and O–H groups in total. The van der Waals surface area contributed by atoms with Crippen molar-refractivity contribution in [3.05, 3.63) is 63.1 Å². The van der Waals surface area contributed by atoms with Crippen molar-refractivity contribution in [1.82, 2.24) is 4.90 Å². The molecule has 8 heteroatoms. The predicted molar refractivity (Wildman–Crippen MR) is 107 cm³/mol. The van der Waals surface area contributed by atoms with E-state index in [-0.39, 0.29) is 22.7 Å². The first-order valence-corrected chi connectivity index (χ1v) is 11.1. The van der Waals surface area contributed by atoms with Crippen LogP contribution in [0.25, 0.3) is 0 Å². The molecule has 0 aliphatic heterocycles. The third-order valence-electron chi connectivity index (χ3n) is 4.00. The molecule has 0 saturated heterocycles. The Balaban J connectivity index is 1.87. The van der Waals surface area contributed by atoms with Gasteiger partial charge >= 0.3 is 0 Å². The third kappa shape index (κ3) is 4.99. The molecule has 3 rings (SSSR count). The molecule has 0 aromatic heterocycles. The number of halogens is 2. The number of carbonyl (C=O) groups is 1. The molecule has 0 atom stereocenters. The molecule has 1 saturated carbocycles. The van der Waals surface area contributed by atoms with Crippen LogP contribution in [0.3, 0.4) is 0 Å². The molecule has 1 aliphatic carbocycles. The Bertz CT molecular complexity index is 945. The Hall–Kier alpha value is -1.57. The summed E-state index contributed by atoms with van der Waals surface area (Å²) < 4.78 is 26.3. The van der Waals surface area contributed by atoms with Crippen molar-refractivity contribution < 1.29 is 13.2 Å². The number of anilines is 1. The van der Waals surface area contributed by atoms with Crippen LogP contribution in [-0.4, -0.2) is 31.5 Å². The second-order valence-corrected chi connectivity index (χ2v) is 9.43. The van der Waals surface area contributed by atoms with Crippen LogP contribution in [-0.2, 0) is 16.6 Å². The summed E-state index contributed by atoms with van der Waals surface area (Å²) in [5.74, 6) is -0.138. The molecule has 0 heterocycles. The molecule has 138 valence electrons. The molecule has 1 aliphatic rings. The van der Waals surface area contributed by atoms with E-state index in [1.54, 1.807) is 6.07 Å². The van der Waals surface area contributed by atoms with Gasteiger partial charge in [-0.15, -0.1) is 0 Å². The van der Waals surface area contributed by atoms with E-state index in [0.29, 0.717) is 12.1 Å². The van der Waals surface area contributed by atoms with E-state index >= 15 is 0 Å². The lowest BCUT2D eigenvalue weighted by Crippen LogP contribution is -2.32. The Morgan fingerprint density at radius 3 is 2.62 bits per heavy atom. The van der Waals surface area contributed by atoms with Gasteiger partial charge in [-0.1, -0.05) is 39.7 Å². The quantitative estimate of drug-likeness (QED) is 0.704. The van der Waals surface area contributed by atoms with Crippen LogP contribution < -0.4 is 4.72 Å².